The van der Waals surface area contributed by atoms with Crippen molar-refractivity contribution in [1.29, 1.82) is 0 Å². The largest absolute Gasteiger partial charge is 0.481 e. The maximum Gasteiger partial charge on any atom is 0.306 e. The summed E-state index contributed by atoms with van der Waals surface area (Å²) in [7, 11) is 0. The number of rotatable bonds is 3. The number of aliphatic hydroxyl groups excluding tert-OH is 1. The molecule has 5 heteroatoms. The van der Waals surface area contributed by atoms with Crippen molar-refractivity contribution in [3.63, 3.8) is 0 Å². The molecule has 0 spiro atoms. The summed E-state index contributed by atoms with van der Waals surface area (Å²) >= 11 is 0. The Labute approximate surface area is 102 Å². The highest BCUT2D eigenvalue weighted by molar-refractivity contribution is 5.85. The highest BCUT2D eigenvalue weighted by Crippen LogP contribution is 2.34. The molecule has 3 rings (SSSR count). The lowest BCUT2D eigenvalue weighted by Crippen LogP contribution is -2.58. The molecule has 3 saturated heterocycles. The number of nitrogens with zero attached hydrogens (tertiary/aromatic N) is 1. The van der Waals surface area contributed by atoms with E-state index in [1.54, 1.807) is 6.92 Å². The van der Waals surface area contributed by atoms with E-state index in [0.717, 1.165) is 25.9 Å². The zero-order chi connectivity index (χ0) is 11.0. The van der Waals surface area contributed by atoms with E-state index in [4.69, 9.17) is 5.11 Å². The van der Waals surface area contributed by atoms with Gasteiger partial charge in [0.25, 0.3) is 0 Å². The van der Waals surface area contributed by atoms with Crippen LogP contribution in [0.2, 0.25) is 0 Å². The van der Waals surface area contributed by atoms with E-state index in [1.165, 1.54) is 0 Å². The van der Waals surface area contributed by atoms with Gasteiger partial charge in [-0.25, -0.2) is 0 Å². The van der Waals surface area contributed by atoms with Crippen LogP contribution < -0.4 is 0 Å². The Morgan fingerprint density at radius 1 is 1.44 bits per heavy atom. The summed E-state index contributed by atoms with van der Waals surface area (Å²) in [5.41, 5.74) is 0. The van der Waals surface area contributed by atoms with E-state index < -0.39 is 5.97 Å². The SMILES string of the molecule is CC(CC1[C@H](O)C2CCN1CC2)C(=O)O.Cl. The van der Waals surface area contributed by atoms with Crippen molar-refractivity contribution in [3.05, 3.63) is 0 Å². The number of halogens is 1. The van der Waals surface area contributed by atoms with Gasteiger partial charge in [0.1, 0.15) is 0 Å². The van der Waals surface area contributed by atoms with E-state index in [1.807, 2.05) is 0 Å². The minimum Gasteiger partial charge on any atom is -0.481 e. The number of aliphatic carboxylic acids is 1. The third-order valence-electron chi connectivity index (χ3n) is 3.94. The molecule has 0 aromatic rings. The Kier molecular flexibility index (Phi) is 4.59. The Bertz CT molecular complexity index is 252. The van der Waals surface area contributed by atoms with E-state index in [0.29, 0.717) is 12.3 Å². The Hall–Kier alpha value is -0.320. The summed E-state index contributed by atoms with van der Waals surface area (Å²) < 4.78 is 0. The first-order valence-corrected chi connectivity index (χ1v) is 5.74. The van der Waals surface area contributed by atoms with Gasteiger partial charge >= 0.3 is 5.97 Å². The van der Waals surface area contributed by atoms with Crippen LogP contribution in [0.15, 0.2) is 0 Å². The first-order chi connectivity index (χ1) is 7.09. The second-order valence-corrected chi connectivity index (χ2v) is 4.91. The minimum absolute atomic E-state index is 0. The lowest BCUT2D eigenvalue weighted by atomic mass is 9.78. The van der Waals surface area contributed by atoms with Gasteiger partial charge in [-0.3, -0.25) is 9.69 Å². The van der Waals surface area contributed by atoms with Crippen molar-refractivity contribution in [2.24, 2.45) is 11.8 Å². The molecule has 3 aliphatic heterocycles. The summed E-state index contributed by atoms with van der Waals surface area (Å²) in [6, 6.07) is 0.0728. The van der Waals surface area contributed by atoms with Gasteiger partial charge in [0.05, 0.1) is 12.0 Å². The van der Waals surface area contributed by atoms with Crippen LogP contribution in [0.4, 0.5) is 0 Å². The van der Waals surface area contributed by atoms with Crippen LogP contribution in [-0.2, 0) is 4.79 Å². The van der Waals surface area contributed by atoms with Crippen LogP contribution in [0.5, 0.6) is 0 Å². The first-order valence-electron chi connectivity index (χ1n) is 5.74. The van der Waals surface area contributed by atoms with Gasteiger partial charge in [-0.1, -0.05) is 6.92 Å². The third-order valence-corrected chi connectivity index (χ3v) is 3.94. The molecule has 0 radical (unpaired) electrons. The van der Waals surface area contributed by atoms with Gasteiger partial charge in [-0.2, -0.15) is 0 Å². The van der Waals surface area contributed by atoms with E-state index >= 15 is 0 Å². The number of carbonyl (C=O) groups is 1. The fourth-order valence-electron chi connectivity index (χ4n) is 2.87. The molecule has 94 valence electrons. The lowest BCUT2D eigenvalue weighted by molar-refractivity contribution is -0.143. The van der Waals surface area contributed by atoms with Crippen LogP contribution in [0.3, 0.4) is 0 Å². The molecule has 2 N–H and O–H groups in total. The van der Waals surface area contributed by atoms with Crippen molar-refractivity contribution in [2.75, 3.05) is 13.1 Å². The summed E-state index contributed by atoms with van der Waals surface area (Å²) in [5.74, 6) is -0.713. The molecule has 4 nitrogen and oxygen atoms in total. The van der Waals surface area contributed by atoms with Crippen LogP contribution in [-0.4, -0.2) is 46.3 Å². The second-order valence-electron chi connectivity index (χ2n) is 4.91. The number of piperidine rings is 3. The summed E-state index contributed by atoms with van der Waals surface area (Å²) in [6.45, 7) is 3.77. The van der Waals surface area contributed by atoms with E-state index in [9.17, 15) is 9.90 Å². The smallest absolute Gasteiger partial charge is 0.306 e. The number of hydrogen-bond donors (Lipinski definition) is 2. The van der Waals surface area contributed by atoms with Crippen molar-refractivity contribution >= 4 is 18.4 Å². The summed E-state index contributed by atoms with van der Waals surface area (Å²) in [4.78, 5) is 13.0. The molecule has 0 aromatic carbocycles. The molecule has 0 aliphatic carbocycles. The zero-order valence-electron chi connectivity index (χ0n) is 9.50. The van der Waals surface area contributed by atoms with Gasteiger partial charge in [-0.15, -0.1) is 12.4 Å². The highest BCUT2D eigenvalue weighted by Gasteiger charge is 2.41. The van der Waals surface area contributed by atoms with Gasteiger partial charge in [0, 0.05) is 6.04 Å². The van der Waals surface area contributed by atoms with Gasteiger partial charge < -0.3 is 10.2 Å². The number of fused-ring (bicyclic) bond motifs is 3. The lowest BCUT2D eigenvalue weighted by Gasteiger charge is -2.49. The Balaban J connectivity index is 0.00000128. The number of hydrogen-bond acceptors (Lipinski definition) is 3. The fraction of sp³-hybridized carbons (Fsp3) is 0.909. The monoisotopic (exact) mass is 249 g/mol. The topological polar surface area (TPSA) is 60.8 Å². The molecule has 0 amide bonds. The van der Waals surface area contributed by atoms with E-state index in [2.05, 4.69) is 4.90 Å². The molecular formula is C11H20ClNO3. The second kappa shape index (κ2) is 5.34. The quantitative estimate of drug-likeness (QED) is 0.783. The number of aliphatic hydroxyl groups is 1. The van der Waals surface area contributed by atoms with Crippen LogP contribution in [0.1, 0.15) is 26.2 Å². The molecule has 3 heterocycles. The molecule has 0 saturated carbocycles. The zero-order valence-corrected chi connectivity index (χ0v) is 10.3. The van der Waals surface area contributed by atoms with Crippen LogP contribution in [0.25, 0.3) is 0 Å². The Morgan fingerprint density at radius 2 is 2.00 bits per heavy atom. The third kappa shape index (κ3) is 2.50. The molecule has 16 heavy (non-hydrogen) atoms. The van der Waals surface area contributed by atoms with Crippen molar-refractivity contribution < 1.29 is 15.0 Å². The molecule has 0 aromatic heterocycles. The van der Waals surface area contributed by atoms with Crippen LogP contribution >= 0.6 is 12.4 Å². The predicted octanol–water partition coefficient (Wildman–Crippen LogP) is 0.974. The van der Waals surface area contributed by atoms with Crippen molar-refractivity contribution in [3.8, 4) is 0 Å². The molecule has 3 atom stereocenters. The van der Waals surface area contributed by atoms with Gasteiger partial charge in [-0.05, 0) is 38.3 Å². The van der Waals surface area contributed by atoms with Gasteiger partial charge in [0.15, 0.2) is 0 Å². The normalized spacial score (nSPS) is 38.9. The average Bonchev–Trinajstić information content (AvgIpc) is 2.23. The van der Waals surface area contributed by atoms with E-state index in [-0.39, 0.29) is 30.5 Å². The fourth-order valence-corrected chi connectivity index (χ4v) is 2.87. The summed E-state index contributed by atoms with van der Waals surface area (Å²) in [5, 5.41) is 18.9. The maximum absolute atomic E-state index is 10.8. The first kappa shape index (κ1) is 13.7. The van der Waals surface area contributed by atoms with Crippen molar-refractivity contribution in [1.82, 2.24) is 4.90 Å². The molecular weight excluding hydrogens is 230 g/mol. The minimum atomic E-state index is -0.759. The Morgan fingerprint density at radius 3 is 2.44 bits per heavy atom. The molecule has 3 aliphatic rings. The average molecular weight is 250 g/mol. The number of carboxylic acids is 1. The molecule has 3 fully saturated rings. The standard InChI is InChI=1S/C11H19NO3.ClH/c1-7(11(14)15)6-9-10(13)8-2-4-12(9)5-3-8;/h7-10,13H,2-6H2,1H3,(H,14,15);1H/t7?,9?,10-;/m1./s1. The predicted molar refractivity (Wildman–Crippen MR) is 62.8 cm³/mol. The highest BCUT2D eigenvalue weighted by atomic mass is 35.5. The van der Waals surface area contributed by atoms with Gasteiger partial charge in [0.2, 0.25) is 0 Å². The number of carboxylic acid groups (broad SMARTS) is 1. The van der Waals surface area contributed by atoms with Crippen LogP contribution in [0, 0.1) is 11.8 Å². The molecule has 2 bridgehead atoms. The summed E-state index contributed by atoms with van der Waals surface area (Å²) in [6.07, 6.45) is 2.40. The van der Waals surface area contributed by atoms with Crippen molar-refractivity contribution in [2.45, 2.75) is 38.3 Å². The molecule has 2 unspecified atom stereocenters. The maximum atomic E-state index is 10.8.